The summed E-state index contributed by atoms with van der Waals surface area (Å²) in [5, 5.41) is 0. The number of rotatable bonds is 2. The summed E-state index contributed by atoms with van der Waals surface area (Å²) in [6.07, 6.45) is 6.83. The summed E-state index contributed by atoms with van der Waals surface area (Å²) in [6, 6.07) is 0.613. The van der Waals surface area contributed by atoms with E-state index in [0.717, 1.165) is 17.9 Å². The summed E-state index contributed by atoms with van der Waals surface area (Å²) in [6.45, 7) is 5.38. The topological polar surface area (TPSA) is 55.0 Å². The Balaban J connectivity index is 2.30. The molecule has 0 aliphatic carbocycles. The summed E-state index contributed by atoms with van der Waals surface area (Å²) >= 11 is 0. The molecular weight excluding hydrogens is 200 g/mol. The lowest BCUT2D eigenvalue weighted by Crippen LogP contribution is -2.40. The fourth-order valence-corrected chi connectivity index (χ4v) is 2.44. The number of aromatic nitrogens is 2. The van der Waals surface area contributed by atoms with E-state index in [0.29, 0.717) is 12.0 Å². The fourth-order valence-electron chi connectivity index (χ4n) is 2.44. The van der Waals surface area contributed by atoms with Crippen molar-refractivity contribution in [1.29, 1.82) is 0 Å². The number of aryl methyl sites for hydroxylation is 1. The summed E-state index contributed by atoms with van der Waals surface area (Å²) in [7, 11) is 0. The molecule has 2 rings (SSSR count). The predicted molar refractivity (Wildman–Crippen MR) is 66.5 cm³/mol. The molecule has 0 radical (unpaired) electrons. The lowest BCUT2D eigenvalue weighted by Gasteiger charge is -2.36. The molecule has 2 heterocycles. The number of hydrogen-bond donors (Lipinski definition) is 1. The Labute approximate surface area is 96.9 Å². The van der Waals surface area contributed by atoms with Crippen LogP contribution in [-0.2, 0) is 0 Å². The summed E-state index contributed by atoms with van der Waals surface area (Å²) in [4.78, 5) is 10.8. The Hall–Kier alpha value is -1.32. The van der Waals surface area contributed by atoms with Gasteiger partial charge in [-0.2, -0.15) is 4.98 Å². The molecular formula is C12H20N4. The Morgan fingerprint density at radius 3 is 3.06 bits per heavy atom. The van der Waals surface area contributed by atoms with Gasteiger partial charge in [0.1, 0.15) is 5.82 Å². The molecule has 4 nitrogen and oxygen atoms in total. The molecule has 1 saturated heterocycles. The minimum Gasteiger partial charge on any atom is -0.368 e. The highest BCUT2D eigenvalue weighted by Crippen LogP contribution is 2.27. The first-order chi connectivity index (χ1) is 7.72. The van der Waals surface area contributed by atoms with Crippen LogP contribution >= 0.6 is 0 Å². The molecule has 2 N–H and O–H groups in total. The van der Waals surface area contributed by atoms with E-state index < -0.39 is 0 Å². The lowest BCUT2D eigenvalue weighted by molar-refractivity contribution is 0.446. The Kier molecular flexibility index (Phi) is 3.27. The first kappa shape index (κ1) is 11.2. The van der Waals surface area contributed by atoms with Gasteiger partial charge in [-0.15, -0.1) is 0 Å². The molecule has 4 heteroatoms. The third-order valence-electron chi connectivity index (χ3n) is 3.33. The Bertz CT molecular complexity index is 364. The van der Waals surface area contributed by atoms with Crippen LogP contribution in [0.1, 0.15) is 38.2 Å². The third-order valence-corrected chi connectivity index (χ3v) is 3.33. The van der Waals surface area contributed by atoms with Crippen molar-refractivity contribution in [1.82, 2.24) is 9.97 Å². The fraction of sp³-hybridized carbons (Fsp3) is 0.667. The van der Waals surface area contributed by atoms with Gasteiger partial charge in [-0.3, -0.25) is 0 Å². The van der Waals surface area contributed by atoms with Crippen LogP contribution in [0.3, 0.4) is 0 Å². The maximum absolute atomic E-state index is 5.67. The normalized spacial score (nSPS) is 21.1. The zero-order valence-corrected chi connectivity index (χ0v) is 10.1. The standard InChI is InChI=1S/C12H20N4/c1-3-10-6-4-5-7-16(10)11-9(2)8-14-12(13)15-11/h8,10H,3-7H2,1-2H3,(H2,13,14,15). The van der Waals surface area contributed by atoms with Gasteiger partial charge in [0.15, 0.2) is 0 Å². The molecule has 1 aliphatic rings. The first-order valence-electron chi connectivity index (χ1n) is 6.08. The molecule has 1 aliphatic heterocycles. The molecule has 1 aromatic rings. The second-order valence-electron chi connectivity index (χ2n) is 4.49. The van der Waals surface area contributed by atoms with E-state index in [1.807, 2.05) is 6.20 Å². The summed E-state index contributed by atoms with van der Waals surface area (Å²) < 4.78 is 0. The van der Waals surface area contributed by atoms with Crippen LogP contribution in [0.5, 0.6) is 0 Å². The van der Waals surface area contributed by atoms with Gasteiger partial charge < -0.3 is 10.6 Å². The predicted octanol–water partition coefficient (Wildman–Crippen LogP) is 2.14. The van der Waals surface area contributed by atoms with Crippen LogP contribution in [0.15, 0.2) is 6.20 Å². The van der Waals surface area contributed by atoms with Gasteiger partial charge in [0, 0.05) is 24.3 Å². The first-order valence-corrected chi connectivity index (χ1v) is 6.08. The number of nitrogen functional groups attached to an aromatic ring is 1. The molecule has 0 spiro atoms. The van der Waals surface area contributed by atoms with Gasteiger partial charge in [0.05, 0.1) is 0 Å². The van der Waals surface area contributed by atoms with Crippen molar-refractivity contribution in [3.63, 3.8) is 0 Å². The van der Waals surface area contributed by atoms with Crippen LogP contribution in [0.4, 0.5) is 11.8 Å². The zero-order chi connectivity index (χ0) is 11.5. The second kappa shape index (κ2) is 4.68. The third kappa shape index (κ3) is 2.10. The zero-order valence-electron chi connectivity index (χ0n) is 10.1. The molecule has 0 amide bonds. The highest BCUT2D eigenvalue weighted by molar-refractivity contribution is 5.49. The van der Waals surface area contributed by atoms with Crippen molar-refractivity contribution >= 4 is 11.8 Å². The largest absolute Gasteiger partial charge is 0.368 e. The van der Waals surface area contributed by atoms with Crippen LogP contribution in [0, 0.1) is 6.92 Å². The smallest absolute Gasteiger partial charge is 0.221 e. The van der Waals surface area contributed by atoms with Crippen LogP contribution in [-0.4, -0.2) is 22.6 Å². The van der Waals surface area contributed by atoms with E-state index in [9.17, 15) is 0 Å². The van der Waals surface area contributed by atoms with Gasteiger partial charge in [0.25, 0.3) is 0 Å². The molecule has 1 aromatic heterocycles. The van der Waals surface area contributed by atoms with Crippen molar-refractivity contribution in [2.45, 2.75) is 45.6 Å². The minimum absolute atomic E-state index is 0.376. The number of nitrogens with two attached hydrogens (primary N) is 1. The van der Waals surface area contributed by atoms with E-state index >= 15 is 0 Å². The molecule has 1 unspecified atom stereocenters. The van der Waals surface area contributed by atoms with Gasteiger partial charge in [-0.1, -0.05) is 6.92 Å². The lowest BCUT2D eigenvalue weighted by atomic mass is 9.99. The quantitative estimate of drug-likeness (QED) is 0.829. The van der Waals surface area contributed by atoms with E-state index in [1.165, 1.54) is 25.7 Å². The minimum atomic E-state index is 0.376. The second-order valence-corrected chi connectivity index (χ2v) is 4.49. The van der Waals surface area contributed by atoms with Gasteiger partial charge >= 0.3 is 0 Å². The van der Waals surface area contributed by atoms with Crippen LogP contribution < -0.4 is 10.6 Å². The van der Waals surface area contributed by atoms with Crippen molar-refractivity contribution in [2.75, 3.05) is 17.2 Å². The average molecular weight is 220 g/mol. The van der Waals surface area contributed by atoms with E-state index in [1.54, 1.807) is 0 Å². The number of nitrogens with zero attached hydrogens (tertiary/aromatic N) is 3. The number of anilines is 2. The maximum Gasteiger partial charge on any atom is 0.221 e. The van der Waals surface area contributed by atoms with E-state index in [-0.39, 0.29) is 0 Å². The van der Waals surface area contributed by atoms with Crippen molar-refractivity contribution in [3.8, 4) is 0 Å². The summed E-state index contributed by atoms with van der Waals surface area (Å²) in [5.41, 5.74) is 6.79. The Morgan fingerprint density at radius 1 is 1.50 bits per heavy atom. The van der Waals surface area contributed by atoms with Crippen molar-refractivity contribution in [2.24, 2.45) is 0 Å². The number of piperidine rings is 1. The van der Waals surface area contributed by atoms with Gasteiger partial charge in [-0.05, 0) is 32.6 Å². The molecule has 88 valence electrons. The SMILES string of the molecule is CCC1CCCCN1c1nc(N)ncc1C. The van der Waals surface area contributed by atoms with Crippen molar-refractivity contribution < 1.29 is 0 Å². The highest BCUT2D eigenvalue weighted by Gasteiger charge is 2.23. The van der Waals surface area contributed by atoms with Crippen molar-refractivity contribution in [3.05, 3.63) is 11.8 Å². The van der Waals surface area contributed by atoms with Crippen LogP contribution in [0.25, 0.3) is 0 Å². The molecule has 0 saturated carbocycles. The summed E-state index contributed by atoms with van der Waals surface area (Å²) in [5.74, 6) is 1.40. The monoisotopic (exact) mass is 220 g/mol. The van der Waals surface area contributed by atoms with Gasteiger partial charge in [0.2, 0.25) is 5.95 Å². The molecule has 16 heavy (non-hydrogen) atoms. The molecule has 0 aromatic carbocycles. The van der Waals surface area contributed by atoms with E-state index in [4.69, 9.17) is 5.73 Å². The Morgan fingerprint density at radius 2 is 2.31 bits per heavy atom. The number of hydrogen-bond acceptors (Lipinski definition) is 4. The average Bonchev–Trinajstić information content (AvgIpc) is 2.32. The highest BCUT2D eigenvalue weighted by atomic mass is 15.2. The van der Waals surface area contributed by atoms with Gasteiger partial charge in [-0.25, -0.2) is 4.98 Å². The molecule has 1 atom stereocenters. The molecule has 1 fully saturated rings. The molecule has 0 bridgehead atoms. The maximum atomic E-state index is 5.67. The van der Waals surface area contributed by atoms with E-state index in [2.05, 4.69) is 28.7 Å². The van der Waals surface area contributed by atoms with Crippen LogP contribution in [0.2, 0.25) is 0 Å².